The van der Waals surface area contributed by atoms with Crippen molar-refractivity contribution in [1.29, 1.82) is 0 Å². The predicted molar refractivity (Wildman–Crippen MR) is 83.2 cm³/mol. The summed E-state index contributed by atoms with van der Waals surface area (Å²) in [4.78, 5) is 25.5. The van der Waals surface area contributed by atoms with Crippen LogP contribution in [0.1, 0.15) is 59.8 Å². The van der Waals surface area contributed by atoms with E-state index < -0.39 is 11.4 Å². The minimum absolute atomic E-state index is 0.0229. The van der Waals surface area contributed by atoms with Crippen LogP contribution in [0, 0.1) is 11.3 Å². The van der Waals surface area contributed by atoms with Crippen molar-refractivity contribution < 1.29 is 14.7 Å². The Labute approximate surface area is 128 Å². The molecule has 1 rings (SSSR count). The molecule has 1 aliphatic rings. The van der Waals surface area contributed by atoms with E-state index in [4.69, 9.17) is 0 Å². The van der Waals surface area contributed by atoms with Crippen molar-refractivity contribution in [2.45, 2.75) is 65.8 Å². The van der Waals surface area contributed by atoms with Crippen molar-refractivity contribution in [3.05, 3.63) is 0 Å². The number of hydrogen-bond acceptors (Lipinski definition) is 2. The highest BCUT2D eigenvalue weighted by molar-refractivity contribution is 5.80. The molecule has 0 saturated carbocycles. The molecule has 21 heavy (non-hydrogen) atoms. The molecule has 1 saturated heterocycles. The molecule has 2 amide bonds. The zero-order valence-electron chi connectivity index (χ0n) is 13.8. The standard InChI is InChI=1S/C16H30N2O3/c1-5-6-7-8-13(4)17-15(21)18-10-9-16(11-18,12(2)3)14(19)20/h12-13H,5-11H2,1-4H3,(H,17,21)(H,19,20). The van der Waals surface area contributed by atoms with Crippen LogP contribution in [0.4, 0.5) is 4.79 Å². The number of hydrogen-bond donors (Lipinski definition) is 2. The van der Waals surface area contributed by atoms with Crippen LogP contribution in [0.2, 0.25) is 0 Å². The quantitative estimate of drug-likeness (QED) is 0.710. The Hall–Kier alpha value is -1.26. The molecule has 0 bridgehead atoms. The first-order valence-corrected chi connectivity index (χ1v) is 8.12. The Morgan fingerprint density at radius 1 is 1.29 bits per heavy atom. The first kappa shape index (κ1) is 17.8. The molecular weight excluding hydrogens is 268 g/mol. The number of unbranched alkanes of at least 4 members (excludes halogenated alkanes) is 2. The van der Waals surface area contributed by atoms with Crippen LogP contribution < -0.4 is 5.32 Å². The van der Waals surface area contributed by atoms with Gasteiger partial charge in [0.05, 0.1) is 5.41 Å². The number of rotatable bonds is 7. The molecule has 0 aromatic rings. The summed E-state index contributed by atoms with van der Waals surface area (Å²) < 4.78 is 0. The second-order valence-electron chi connectivity index (χ2n) is 6.63. The molecule has 1 aliphatic heterocycles. The lowest BCUT2D eigenvalue weighted by Crippen LogP contribution is -2.46. The Morgan fingerprint density at radius 2 is 1.95 bits per heavy atom. The van der Waals surface area contributed by atoms with Gasteiger partial charge in [0.1, 0.15) is 0 Å². The van der Waals surface area contributed by atoms with Gasteiger partial charge in [-0.1, -0.05) is 40.0 Å². The number of carbonyl (C=O) groups is 2. The van der Waals surface area contributed by atoms with Gasteiger partial charge in [-0.3, -0.25) is 4.79 Å². The first-order valence-electron chi connectivity index (χ1n) is 8.12. The third kappa shape index (κ3) is 4.35. The average Bonchev–Trinajstić information content (AvgIpc) is 2.85. The van der Waals surface area contributed by atoms with E-state index in [2.05, 4.69) is 12.2 Å². The van der Waals surface area contributed by atoms with Gasteiger partial charge in [0, 0.05) is 19.1 Å². The third-order valence-electron chi connectivity index (χ3n) is 4.73. The van der Waals surface area contributed by atoms with Gasteiger partial charge in [0.15, 0.2) is 0 Å². The fourth-order valence-corrected chi connectivity index (χ4v) is 2.97. The van der Waals surface area contributed by atoms with E-state index in [1.807, 2.05) is 20.8 Å². The third-order valence-corrected chi connectivity index (χ3v) is 4.73. The van der Waals surface area contributed by atoms with E-state index >= 15 is 0 Å². The van der Waals surface area contributed by atoms with Gasteiger partial charge in [-0.15, -0.1) is 0 Å². The number of carbonyl (C=O) groups excluding carboxylic acids is 1. The Bertz CT molecular complexity index is 371. The monoisotopic (exact) mass is 298 g/mol. The van der Waals surface area contributed by atoms with Crippen molar-refractivity contribution in [2.75, 3.05) is 13.1 Å². The summed E-state index contributed by atoms with van der Waals surface area (Å²) in [7, 11) is 0. The van der Waals surface area contributed by atoms with Gasteiger partial charge in [0.25, 0.3) is 0 Å². The van der Waals surface area contributed by atoms with Crippen molar-refractivity contribution >= 4 is 12.0 Å². The molecule has 0 aliphatic carbocycles. The molecule has 2 unspecified atom stereocenters. The van der Waals surface area contributed by atoms with Crippen LogP contribution in [-0.4, -0.2) is 41.1 Å². The maximum Gasteiger partial charge on any atom is 0.317 e. The number of likely N-dealkylation sites (tertiary alicyclic amines) is 1. The summed E-state index contributed by atoms with van der Waals surface area (Å²) in [6.07, 6.45) is 4.98. The molecule has 0 spiro atoms. The molecule has 2 N–H and O–H groups in total. The van der Waals surface area contributed by atoms with Gasteiger partial charge < -0.3 is 15.3 Å². The Balaban J connectivity index is 2.52. The van der Waals surface area contributed by atoms with Crippen LogP contribution in [0.5, 0.6) is 0 Å². The largest absolute Gasteiger partial charge is 0.481 e. The summed E-state index contributed by atoms with van der Waals surface area (Å²) in [5.74, 6) is -0.765. The highest BCUT2D eigenvalue weighted by Gasteiger charge is 2.48. The lowest BCUT2D eigenvalue weighted by molar-refractivity contribution is -0.150. The van der Waals surface area contributed by atoms with Crippen LogP contribution in [0.3, 0.4) is 0 Å². The van der Waals surface area contributed by atoms with Gasteiger partial charge in [-0.05, 0) is 25.7 Å². The summed E-state index contributed by atoms with van der Waals surface area (Å²) >= 11 is 0. The average molecular weight is 298 g/mol. The lowest BCUT2D eigenvalue weighted by Gasteiger charge is -2.29. The summed E-state index contributed by atoms with van der Waals surface area (Å²) in [5.41, 5.74) is -0.789. The minimum Gasteiger partial charge on any atom is -0.481 e. The Kier molecular flexibility index (Phi) is 6.49. The predicted octanol–water partition coefficient (Wildman–Crippen LogP) is 3.10. The second kappa shape index (κ2) is 7.66. The lowest BCUT2D eigenvalue weighted by atomic mass is 9.76. The number of nitrogens with zero attached hydrogens (tertiary/aromatic N) is 1. The maximum absolute atomic E-state index is 12.2. The molecule has 2 atom stereocenters. The van der Waals surface area contributed by atoms with E-state index in [9.17, 15) is 14.7 Å². The number of carboxylic acid groups (broad SMARTS) is 1. The number of nitrogens with one attached hydrogen (secondary N) is 1. The maximum atomic E-state index is 12.2. The summed E-state index contributed by atoms with van der Waals surface area (Å²) in [5, 5.41) is 12.5. The second-order valence-corrected chi connectivity index (χ2v) is 6.63. The van der Waals surface area contributed by atoms with Gasteiger partial charge in [0.2, 0.25) is 0 Å². The van der Waals surface area contributed by atoms with E-state index in [1.165, 1.54) is 12.8 Å². The molecule has 1 heterocycles. The van der Waals surface area contributed by atoms with Crippen molar-refractivity contribution in [3.8, 4) is 0 Å². The van der Waals surface area contributed by atoms with Crippen molar-refractivity contribution in [1.82, 2.24) is 10.2 Å². The van der Waals surface area contributed by atoms with Crippen LogP contribution in [0.25, 0.3) is 0 Å². The Morgan fingerprint density at radius 3 is 2.43 bits per heavy atom. The topological polar surface area (TPSA) is 69.6 Å². The van der Waals surface area contributed by atoms with E-state index in [1.54, 1.807) is 4.90 Å². The smallest absolute Gasteiger partial charge is 0.317 e. The van der Waals surface area contributed by atoms with Crippen LogP contribution >= 0.6 is 0 Å². The van der Waals surface area contributed by atoms with Gasteiger partial charge in [-0.25, -0.2) is 4.79 Å². The highest BCUT2D eigenvalue weighted by Crippen LogP contribution is 2.38. The molecule has 0 aromatic carbocycles. The normalized spacial score (nSPS) is 23.4. The molecule has 0 aromatic heterocycles. The molecule has 5 heteroatoms. The number of amides is 2. The molecule has 122 valence electrons. The summed E-state index contributed by atoms with van der Waals surface area (Å²) in [6, 6.07) is 0.0192. The zero-order chi connectivity index (χ0) is 16.0. The minimum atomic E-state index is -0.789. The van der Waals surface area contributed by atoms with Crippen molar-refractivity contribution in [3.63, 3.8) is 0 Å². The molecule has 0 radical (unpaired) electrons. The number of aliphatic carboxylic acids is 1. The van der Waals surface area contributed by atoms with E-state index in [-0.39, 0.29) is 18.0 Å². The van der Waals surface area contributed by atoms with Crippen molar-refractivity contribution in [2.24, 2.45) is 11.3 Å². The molecule has 5 nitrogen and oxygen atoms in total. The van der Waals surface area contributed by atoms with Gasteiger partial charge in [-0.2, -0.15) is 0 Å². The number of urea groups is 1. The SMILES string of the molecule is CCCCCC(C)NC(=O)N1CCC(C(=O)O)(C(C)C)C1. The van der Waals surface area contributed by atoms with E-state index in [0.717, 1.165) is 12.8 Å². The first-order chi connectivity index (χ1) is 9.83. The fraction of sp³-hybridized carbons (Fsp3) is 0.875. The van der Waals surface area contributed by atoms with Gasteiger partial charge >= 0.3 is 12.0 Å². The summed E-state index contributed by atoms with van der Waals surface area (Å²) in [6.45, 7) is 8.85. The van der Waals surface area contributed by atoms with E-state index in [0.29, 0.717) is 19.5 Å². The fourth-order valence-electron chi connectivity index (χ4n) is 2.97. The molecular formula is C16H30N2O3. The molecule has 1 fully saturated rings. The number of carboxylic acids is 1. The highest BCUT2D eigenvalue weighted by atomic mass is 16.4. The van der Waals surface area contributed by atoms with Crippen LogP contribution in [0.15, 0.2) is 0 Å². The van der Waals surface area contributed by atoms with Crippen LogP contribution in [-0.2, 0) is 4.79 Å². The zero-order valence-corrected chi connectivity index (χ0v) is 13.8.